The molecule has 0 unspecified atom stereocenters. The first kappa shape index (κ1) is 12.3. The first-order valence-electron chi connectivity index (χ1n) is 5.33. The Morgan fingerprint density at radius 3 is 2.50 bits per heavy atom. The average molecular weight is 251 g/mol. The van der Waals surface area contributed by atoms with E-state index in [2.05, 4.69) is 4.98 Å². The zero-order chi connectivity index (χ0) is 13.1. The van der Waals surface area contributed by atoms with Crippen LogP contribution in [0.5, 0.6) is 5.75 Å². The number of nitrogens with one attached hydrogen (secondary N) is 1. The lowest BCUT2D eigenvalue weighted by molar-refractivity contribution is 0.291. The molecular formula is C13H11F2NO2. The number of aromatic nitrogens is 1. The van der Waals surface area contributed by atoms with Crippen molar-refractivity contribution in [3.63, 3.8) is 0 Å². The molecule has 0 aliphatic heterocycles. The summed E-state index contributed by atoms with van der Waals surface area (Å²) < 4.78 is 31.9. The maximum absolute atomic E-state index is 13.3. The number of hydrogen-bond acceptors (Lipinski definition) is 2. The summed E-state index contributed by atoms with van der Waals surface area (Å²) in [6, 6.07) is 6.41. The SMILES string of the molecule is Cc1cc(OCc2c(F)cccc2F)cc(=O)[nH]1. The van der Waals surface area contributed by atoms with Gasteiger partial charge in [0, 0.05) is 11.8 Å². The molecule has 0 radical (unpaired) electrons. The Morgan fingerprint density at radius 1 is 1.22 bits per heavy atom. The zero-order valence-electron chi connectivity index (χ0n) is 9.67. The molecule has 2 aromatic rings. The number of hydrogen-bond donors (Lipinski definition) is 1. The summed E-state index contributed by atoms with van der Waals surface area (Å²) in [5.74, 6) is -1.06. The highest BCUT2D eigenvalue weighted by molar-refractivity contribution is 5.24. The molecule has 5 heteroatoms. The molecule has 0 amide bonds. The van der Waals surface area contributed by atoms with Crippen molar-refractivity contribution >= 4 is 0 Å². The van der Waals surface area contributed by atoms with Crippen LogP contribution in [0.2, 0.25) is 0 Å². The van der Waals surface area contributed by atoms with Gasteiger partial charge in [-0.25, -0.2) is 8.78 Å². The molecule has 1 aromatic carbocycles. The second kappa shape index (κ2) is 5.00. The van der Waals surface area contributed by atoms with Crippen LogP contribution in [-0.4, -0.2) is 4.98 Å². The van der Waals surface area contributed by atoms with Gasteiger partial charge in [0.2, 0.25) is 0 Å². The zero-order valence-corrected chi connectivity index (χ0v) is 9.67. The maximum Gasteiger partial charge on any atom is 0.251 e. The van der Waals surface area contributed by atoms with Gasteiger partial charge in [-0.1, -0.05) is 6.07 Å². The van der Waals surface area contributed by atoms with Crippen LogP contribution in [0.15, 0.2) is 35.1 Å². The summed E-state index contributed by atoms with van der Waals surface area (Å²) in [4.78, 5) is 13.7. The lowest BCUT2D eigenvalue weighted by atomic mass is 10.2. The van der Waals surface area contributed by atoms with Crippen molar-refractivity contribution in [2.24, 2.45) is 0 Å². The number of aromatic amines is 1. The van der Waals surface area contributed by atoms with Gasteiger partial charge in [-0.2, -0.15) is 0 Å². The average Bonchev–Trinajstić information content (AvgIpc) is 2.27. The van der Waals surface area contributed by atoms with Gasteiger partial charge in [-0.3, -0.25) is 4.79 Å². The van der Waals surface area contributed by atoms with Gasteiger partial charge in [-0.05, 0) is 25.1 Å². The Bertz CT molecular complexity index is 602. The van der Waals surface area contributed by atoms with Gasteiger partial charge < -0.3 is 9.72 Å². The molecule has 94 valence electrons. The second-order valence-electron chi connectivity index (χ2n) is 3.85. The van der Waals surface area contributed by atoms with E-state index in [-0.39, 0.29) is 23.5 Å². The molecule has 0 aliphatic carbocycles. The van der Waals surface area contributed by atoms with Gasteiger partial charge >= 0.3 is 0 Å². The normalized spacial score (nSPS) is 10.4. The third kappa shape index (κ3) is 2.74. The van der Waals surface area contributed by atoms with Crippen LogP contribution in [0.3, 0.4) is 0 Å². The number of halogens is 2. The molecule has 0 atom stereocenters. The van der Waals surface area contributed by atoms with E-state index in [4.69, 9.17) is 4.74 Å². The van der Waals surface area contributed by atoms with Crippen LogP contribution in [0.1, 0.15) is 11.3 Å². The minimum Gasteiger partial charge on any atom is -0.488 e. The molecule has 0 spiro atoms. The van der Waals surface area contributed by atoms with Crippen molar-refractivity contribution in [3.05, 3.63) is 63.6 Å². The van der Waals surface area contributed by atoms with E-state index in [1.807, 2.05) is 0 Å². The minimum atomic E-state index is -0.670. The van der Waals surface area contributed by atoms with Crippen LogP contribution in [0.4, 0.5) is 8.78 Å². The van der Waals surface area contributed by atoms with Gasteiger partial charge in [0.25, 0.3) is 5.56 Å². The fourth-order valence-electron chi connectivity index (χ4n) is 1.56. The van der Waals surface area contributed by atoms with E-state index in [9.17, 15) is 13.6 Å². The quantitative estimate of drug-likeness (QED) is 0.910. The van der Waals surface area contributed by atoms with Crippen LogP contribution < -0.4 is 10.3 Å². The highest BCUT2D eigenvalue weighted by Crippen LogP contribution is 2.16. The Kier molecular flexibility index (Phi) is 3.41. The number of ether oxygens (including phenoxy) is 1. The third-order valence-corrected chi connectivity index (χ3v) is 2.40. The fourth-order valence-corrected chi connectivity index (χ4v) is 1.56. The molecule has 18 heavy (non-hydrogen) atoms. The largest absolute Gasteiger partial charge is 0.488 e. The molecule has 0 bridgehead atoms. The summed E-state index contributed by atoms with van der Waals surface area (Å²) in [6.07, 6.45) is 0. The third-order valence-electron chi connectivity index (χ3n) is 2.40. The molecule has 1 N–H and O–H groups in total. The molecule has 0 saturated heterocycles. The lowest BCUT2D eigenvalue weighted by Crippen LogP contribution is -2.08. The number of rotatable bonds is 3. The van der Waals surface area contributed by atoms with Gasteiger partial charge in [0.1, 0.15) is 24.0 Å². The summed E-state index contributed by atoms with van der Waals surface area (Å²) in [5, 5.41) is 0. The molecule has 1 heterocycles. The Labute approximate surface area is 102 Å². The molecule has 0 saturated carbocycles. The van der Waals surface area contributed by atoms with Crippen LogP contribution in [-0.2, 0) is 6.61 Å². The standard InChI is InChI=1S/C13H11F2NO2/c1-8-5-9(6-13(17)16-8)18-7-10-11(14)3-2-4-12(10)15/h2-6H,7H2,1H3,(H,16,17). The van der Waals surface area contributed by atoms with Gasteiger partial charge in [-0.15, -0.1) is 0 Å². The molecule has 1 aromatic heterocycles. The van der Waals surface area contributed by atoms with Gasteiger partial charge in [0.05, 0.1) is 5.56 Å². The summed E-state index contributed by atoms with van der Waals surface area (Å²) in [6.45, 7) is 1.43. The number of pyridine rings is 1. The van der Waals surface area contributed by atoms with E-state index >= 15 is 0 Å². The Balaban J connectivity index is 2.19. The van der Waals surface area contributed by atoms with Crippen LogP contribution in [0.25, 0.3) is 0 Å². The number of benzene rings is 1. The Hall–Kier alpha value is -2.17. The summed E-state index contributed by atoms with van der Waals surface area (Å²) in [7, 11) is 0. The van der Waals surface area contributed by atoms with Gasteiger partial charge in [0.15, 0.2) is 0 Å². The maximum atomic E-state index is 13.3. The van der Waals surface area contributed by atoms with Crippen LogP contribution in [0, 0.1) is 18.6 Å². The van der Waals surface area contributed by atoms with Crippen molar-refractivity contribution in [1.82, 2.24) is 4.98 Å². The van der Waals surface area contributed by atoms with Crippen molar-refractivity contribution in [2.45, 2.75) is 13.5 Å². The predicted molar refractivity (Wildman–Crippen MR) is 62.5 cm³/mol. The topological polar surface area (TPSA) is 42.1 Å². The van der Waals surface area contributed by atoms with Crippen molar-refractivity contribution in [2.75, 3.05) is 0 Å². The summed E-state index contributed by atoms with van der Waals surface area (Å²) in [5.41, 5.74) is 0.140. The van der Waals surface area contributed by atoms with E-state index in [0.29, 0.717) is 5.69 Å². The number of aryl methyl sites for hydroxylation is 1. The van der Waals surface area contributed by atoms with E-state index < -0.39 is 11.6 Å². The minimum absolute atomic E-state index is 0.157. The first-order valence-corrected chi connectivity index (χ1v) is 5.33. The van der Waals surface area contributed by atoms with Crippen molar-refractivity contribution in [1.29, 1.82) is 0 Å². The first-order chi connectivity index (χ1) is 8.56. The van der Waals surface area contributed by atoms with Crippen molar-refractivity contribution in [3.8, 4) is 5.75 Å². The molecule has 2 rings (SSSR count). The molecular weight excluding hydrogens is 240 g/mol. The van der Waals surface area contributed by atoms with Crippen molar-refractivity contribution < 1.29 is 13.5 Å². The summed E-state index contributed by atoms with van der Waals surface area (Å²) >= 11 is 0. The second-order valence-corrected chi connectivity index (χ2v) is 3.85. The fraction of sp³-hybridized carbons (Fsp3) is 0.154. The van der Waals surface area contributed by atoms with E-state index in [1.54, 1.807) is 13.0 Å². The van der Waals surface area contributed by atoms with E-state index in [1.165, 1.54) is 12.1 Å². The Morgan fingerprint density at radius 2 is 1.89 bits per heavy atom. The molecule has 3 nitrogen and oxygen atoms in total. The number of H-pyrrole nitrogens is 1. The highest BCUT2D eigenvalue weighted by Gasteiger charge is 2.09. The molecule has 0 aliphatic rings. The monoisotopic (exact) mass is 251 g/mol. The van der Waals surface area contributed by atoms with Crippen LogP contribution >= 0.6 is 0 Å². The lowest BCUT2D eigenvalue weighted by Gasteiger charge is -2.08. The highest BCUT2D eigenvalue weighted by atomic mass is 19.1. The smallest absolute Gasteiger partial charge is 0.251 e. The molecule has 0 fully saturated rings. The predicted octanol–water partition coefficient (Wildman–Crippen LogP) is 2.54. The van der Waals surface area contributed by atoms with E-state index in [0.717, 1.165) is 12.1 Å².